The molecule has 5 heteroatoms. The summed E-state index contributed by atoms with van der Waals surface area (Å²) in [6.07, 6.45) is 0. The summed E-state index contributed by atoms with van der Waals surface area (Å²) < 4.78 is 0. The van der Waals surface area contributed by atoms with Gasteiger partial charge in [0.15, 0.2) is 0 Å². The van der Waals surface area contributed by atoms with Crippen LogP contribution in [0, 0.1) is 6.92 Å². The molecular weight excluding hydrogens is 348 g/mol. The Morgan fingerprint density at radius 1 is 0.964 bits per heavy atom. The highest BCUT2D eigenvalue weighted by molar-refractivity contribution is 6.04. The molecule has 3 rings (SSSR count). The lowest BCUT2D eigenvalue weighted by molar-refractivity contribution is 0.0988. The molecule has 0 fully saturated rings. The first kappa shape index (κ1) is 19.5. The van der Waals surface area contributed by atoms with Gasteiger partial charge in [-0.25, -0.2) is 9.97 Å². The van der Waals surface area contributed by atoms with Crippen molar-refractivity contribution in [2.45, 2.75) is 33.1 Å². The maximum absolute atomic E-state index is 12.9. The highest BCUT2D eigenvalue weighted by atomic mass is 16.2. The Labute approximate surface area is 166 Å². The maximum atomic E-state index is 12.9. The van der Waals surface area contributed by atoms with Gasteiger partial charge in [0.2, 0.25) is 0 Å². The van der Waals surface area contributed by atoms with E-state index in [-0.39, 0.29) is 11.3 Å². The number of nitrogens with zero attached hydrogens (tertiary/aromatic N) is 3. The molecule has 0 aliphatic heterocycles. The van der Waals surface area contributed by atoms with Gasteiger partial charge in [-0.3, -0.25) is 4.79 Å². The summed E-state index contributed by atoms with van der Waals surface area (Å²) in [4.78, 5) is 23.2. The first-order chi connectivity index (χ1) is 13.2. The molecule has 1 heterocycles. The molecule has 28 heavy (non-hydrogen) atoms. The summed E-state index contributed by atoms with van der Waals surface area (Å²) in [6.45, 7) is 8.34. The SMILES string of the molecule is Cc1nc(Nc2ccc(C(C)(C)C)cc2)cc(C(=O)N(C)c2ccccc2)n1. The molecule has 144 valence electrons. The fraction of sp³-hybridized carbons (Fsp3) is 0.261. The summed E-state index contributed by atoms with van der Waals surface area (Å²) >= 11 is 0. The normalized spacial score (nSPS) is 11.2. The van der Waals surface area contributed by atoms with Crippen molar-refractivity contribution in [1.82, 2.24) is 9.97 Å². The number of anilines is 3. The van der Waals surface area contributed by atoms with Gasteiger partial charge in [0, 0.05) is 24.5 Å². The second kappa shape index (κ2) is 7.80. The second-order valence-corrected chi connectivity index (χ2v) is 7.84. The van der Waals surface area contributed by atoms with Crippen LogP contribution in [0.3, 0.4) is 0 Å². The number of aromatic nitrogens is 2. The summed E-state index contributed by atoms with van der Waals surface area (Å²) in [5.74, 6) is 0.963. The number of amides is 1. The largest absolute Gasteiger partial charge is 0.340 e. The molecule has 0 atom stereocenters. The lowest BCUT2D eigenvalue weighted by Crippen LogP contribution is -2.27. The van der Waals surface area contributed by atoms with Gasteiger partial charge in [-0.05, 0) is 42.2 Å². The highest BCUT2D eigenvalue weighted by Crippen LogP contribution is 2.25. The number of rotatable bonds is 4. The molecule has 0 bridgehead atoms. The third-order valence-electron chi connectivity index (χ3n) is 4.53. The van der Waals surface area contributed by atoms with Crippen LogP contribution >= 0.6 is 0 Å². The minimum absolute atomic E-state index is 0.103. The van der Waals surface area contributed by atoms with Crippen LogP contribution in [0.25, 0.3) is 0 Å². The van der Waals surface area contributed by atoms with Crippen LogP contribution < -0.4 is 10.2 Å². The van der Waals surface area contributed by atoms with E-state index in [0.717, 1.165) is 11.4 Å². The molecular formula is C23H26N4O. The molecule has 1 aromatic heterocycles. The van der Waals surface area contributed by atoms with Gasteiger partial charge >= 0.3 is 0 Å². The molecule has 1 amide bonds. The fourth-order valence-electron chi connectivity index (χ4n) is 2.88. The Morgan fingerprint density at radius 2 is 1.61 bits per heavy atom. The Kier molecular flexibility index (Phi) is 5.45. The number of carbonyl (C=O) groups excluding carboxylic acids is 1. The summed E-state index contributed by atoms with van der Waals surface area (Å²) in [5, 5.41) is 3.28. The van der Waals surface area contributed by atoms with Crippen LogP contribution in [-0.2, 0) is 5.41 Å². The average molecular weight is 374 g/mol. The van der Waals surface area contributed by atoms with E-state index in [9.17, 15) is 4.79 Å². The number of aryl methyl sites for hydroxylation is 1. The van der Waals surface area contributed by atoms with Gasteiger partial charge in [-0.1, -0.05) is 51.1 Å². The van der Waals surface area contributed by atoms with Crippen LogP contribution in [0.1, 0.15) is 42.6 Å². The van der Waals surface area contributed by atoms with Crippen LogP contribution in [0.4, 0.5) is 17.2 Å². The molecule has 0 radical (unpaired) electrons. The first-order valence-electron chi connectivity index (χ1n) is 9.30. The van der Waals surface area contributed by atoms with Crippen molar-refractivity contribution in [2.24, 2.45) is 0 Å². The van der Waals surface area contributed by atoms with Crippen LogP contribution in [-0.4, -0.2) is 22.9 Å². The molecule has 0 unspecified atom stereocenters. The monoisotopic (exact) mass is 374 g/mol. The lowest BCUT2D eigenvalue weighted by atomic mass is 9.87. The van der Waals surface area contributed by atoms with E-state index >= 15 is 0 Å². The van der Waals surface area contributed by atoms with Gasteiger partial charge in [0.1, 0.15) is 17.3 Å². The van der Waals surface area contributed by atoms with E-state index < -0.39 is 0 Å². The minimum atomic E-state index is -0.178. The maximum Gasteiger partial charge on any atom is 0.276 e. The van der Waals surface area contributed by atoms with Crippen LogP contribution in [0.5, 0.6) is 0 Å². The molecule has 0 saturated carbocycles. The molecule has 0 aliphatic rings. The number of carbonyl (C=O) groups is 1. The van der Waals surface area contributed by atoms with E-state index in [1.807, 2.05) is 42.5 Å². The van der Waals surface area contributed by atoms with Crippen molar-refractivity contribution in [3.63, 3.8) is 0 Å². The molecule has 0 saturated heterocycles. The van der Waals surface area contributed by atoms with E-state index in [1.165, 1.54) is 5.56 Å². The average Bonchev–Trinajstić information content (AvgIpc) is 2.67. The predicted molar refractivity (Wildman–Crippen MR) is 114 cm³/mol. The van der Waals surface area contributed by atoms with E-state index in [0.29, 0.717) is 17.3 Å². The third kappa shape index (κ3) is 4.55. The molecule has 5 nitrogen and oxygen atoms in total. The summed E-state index contributed by atoms with van der Waals surface area (Å²) in [5.41, 5.74) is 3.45. The van der Waals surface area contributed by atoms with Crippen molar-refractivity contribution < 1.29 is 4.79 Å². The van der Waals surface area contributed by atoms with Gasteiger partial charge in [-0.15, -0.1) is 0 Å². The van der Waals surface area contributed by atoms with E-state index in [2.05, 4.69) is 48.2 Å². The number of benzene rings is 2. The van der Waals surface area contributed by atoms with Crippen molar-refractivity contribution in [3.05, 3.63) is 77.7 Å². The third-order valence-corrected chi connectivity index (χ3v) is 4.53. The summed E-state index contributed by atoms with van der Waals surface area (Å²) in [6, 6.07) is 19.4. The number of para-hydroxylation sites is 1. The second-order valence-electron chi connectivity index (χ2n) is 7.84. The smallest absolute Gasteiger partial charge is 0.276 e. The van der Waals surface area contributed by atoms with Gasteiger partial charge in [0.05, 0.1) is 0 Å². The van der Waals surface area contributed by atoms with Crippen molar-refractivity contribution in [3.8, 4) is 0 Å². The topological polar surface area (TPSA) is 58.1 Å². The highest BCUT2D eigenvalue weighted by Gasteiger charge is 2.17. The zero-order valence-electron chi connectivity index (χ0n) is 17.0. The fourth-order valence-corrected chi connectivity index (χ4v) is 2.88. The molecule has 0 spiro atoms. The van der Waals surface area contributed by atoms with E-state index in [1.54, 1.807) is 24.9 Å². The summed E-state index contributed by atoms with van der Waals surface area (Å²) in [7, 11) is 1.74. The number of nitrogens with one attached hydrogen (secondary N) is 1. The standard InChI is InChI=1S/C23H26N4O/c1-16-24-20(22(28)27(5)19-9-7-6-8-10-19)15-21(25-16)26-18-13-11-17(12-14-18)23(2,3)4/h6-15H,1-5H3,(H,24,25,26). The Morgan fingerprint density at radius 3 is 2.21 bits per heavy atom. The van der Waals surface area contributed by atoms with Crippen molar-refractivity contribution in [1.29, 1.82) is 0 Å². The molecule has 2 aromatic carbocycles. The van der Waals surface area contributed by atoms with Gasteiger partial charge in [-0.2, -0.15) is 0 Å². The zero-order valence-corrected chi connectivity index (χ0v) is 17.0. The molecule has 0 aliphatic carbocycles. The minimum Gasteiger partial charge on any atom is -0.340 e. The number of hydrogen-bond acceptors (Lipinski definition) is 4. The van der Waals surface area contributed by atoms with E-state index in [4.69, 9.17) is 0 Å². The molecule has 1 N–H and O–H groups in total. The Hall–Kier alpha value is -3.21. The number of hydrogen-bond donors (Lipinski definition) is 1. The molecule has 3 aromatic rings. The van der Waals surface area contributed by atoms with Crippen LogP contribution in [0.15, 0.2) is 60.7 Å². The van der Waals surface area contributed by atoms with Gasteiger partial charge < -0.3 is 10.2 Å². The Balaban J connectivity index is 1.82. The quantitative estimate of drug-likeness (QED) is 0.690. The lowest BCUT2D eigenvalue weighted by Gasteiger charge is -2.19. The Bertz CT molecular complexity index is 960. The van der Waals surface area contributed by atoms with Crippen LogP contribution in [0.2, 0.25) is 0 Å². The first-order valence-corrected chi connectivity index (χ1v) is 9.30. The zero-order chi connectivity index (χ0) is 20.3. The van der Waals surface area contributed by atoms with Crippen molar-refractivity contribution in [2.75, 3.05) is 17.3 Å². The van der Waals surface area contributed by atoms with Gasteiger partial charge in [0.25, 0.3) is 5.91 Å². The van der Waals surface area contributed by atoms with Crippen molar-refractivity contribution >= 4 is 23.1 Å². The predicted octanol–water partition coefficient (Wildman–Crippen LogP) is 5.10.